The first-order valence-corrected chi connectivity index (χ1v) is 30.8. The maximum Gasteiger partial charge on any atom is 0.246 e. The summed E-state index contributed by atoms with van der Waals surface area (Å²) >= 11 is 0. The topological polar surface area (TPSA) is 343 Å². The molecule has 11 N–H and O–H groups in total. The van der Waals surface area contributed by atoms with Crippen molar-refractivity contribution in [3.8, 4) is 0 Å². The maximum absolute atomic E-state index is 14.6. The van der Waals surface area contributed by atoms with Crippen molar-refractivity contribution in [3.05, 3.63) is 12.2 Å². The number of nitrogens with zero attached hydrogens (tertiary/aromatic N) is 2. The van der Waals surface area contributed by atoms with Crippen molar-refractivity contribution < 1.29 is 63.0 Å². The second-order valence-electron chi connectivity index (χ2n) is 27.1. The van der Waals surface area contributed by atoms with Crippen LogP contribution < -0.4 is 47.9 Å². The molecule has 0 aromatic carbocycles. The van der Waals surface area contributed by atoms with Gasteiger partial charge >= 0.3 is 0 Å². The van der Waals surface area contributed by atoms with Gasteiger partial charge in [-0.15, -0.1) is 0 Å². The maximum atomic E-state index is 14.6. The third-order valence-corrected chi connectivity index (χ3v) is 15.1. The van der Waals surface area contributed by atoms with Crippen molar-refractivity contribution in [2.75, 3.05) is 33.7 Å². The van der Waals surface area contributed by atoms with Crippen LogP contribution in [0, 0.1) is 35.5 Å². The first kappa shape index (κ1) is 78.0. The quantitative estimate of drug-likeness (QED) is 0.0398. The summed E-state index contributed by atoms with van der Waals surface area (Å²) in [6, 6.07) is -6.61. The van der Waals surface area contributed by atoms with Crippen LogP contribution in [-0.4, -0.2) is 184 Å². The van der Waals surface area contributed by atoms with Crippen LogP contribution in [0.1, 0.15) is 182 Å². The second kappa shape index (κ2) is 35.7. The standard InChI is InChI=1S/C62H111N11O13/c1-21-38(9)23-24-49(77)73-33-40(11)31-47(73)55(82)66-46(30-39(10)29-43(75)32-42(74)22-2)53(80)68-50(51(78)37(7)8)56(83)70-61(15,16)58(85)67-44(27-35(3)4)52(79)65-45(28-36(5)6)54(81)69-62(17,18)59(86)71-60(13,14)57(84)63-26-25-48(76)64-41(12)34-72(19)20/h23-24,35-41,43-47,50-51,75,78H,21-22,25-34H2,1-20H3,(H,63,84)(H,64,76)(H,65,79)(H,66,82)(H,67,85)(H,68,80)(H,69,81)(H,70,83)(H,71,86)/b24-23+. The van der Waals surface area contributed by atoms with Gasteiger partial charge in [0, 0.05) is 44.9 Å². The van der Waals surface area contributed by atoms with Crippen LogP contribution in [0.2, 0.25) is 0 Å². The van der Waals surface area contributed by atoms with Crippen LogP contribution in [0.4, 0.5) is 0 Å². The van der Waals surface area contributed by atoms with E-state index in [1.54, 1.807) is 33.8 Å². The molecule has 1 heterocycles. The van der Waals surface area contributed by atoms with Gasteiger partial charge in [0.25, 0.3) is 0 Å². The molecular formula is C62H111N11O13. The lowest BCUT2D eigenvalue weighted by Crippen LogP contribution is -2.66. The molecule has 11 atom stereocenters. The van der Waals surface area contributed by atoms with Gasteiger partial charge in [-0.05, 0) is 136 Å². The lowest BCUT2D eigenvalue weighted by molar-refractivity contribution is -0.140. The molecule has 492 valence electrons. The Balaban J connectivity index is 3.44. The Morgan fingerprint density at radius 2 is 1.15 bits per heavy atom. The van der Waals surface area contributed by atoms with Crippen LogP contribution in [0.25, 0.3) is 0 Å². The Morgan fingerprint density at radius 1 is 0.628 bits per heavy atom. The number of hydrogen-bond donors (Lipinski definition) is 11. The number of aliphatic hydroxyl groups is 2. The molecule has 10 amide bonds. The van der Waals surface area contributed by atoms with Crippen molar-refractivity contribution in [2.45, 2.75) is 247 Å². The number of allylic oxidation sites excluding steroid dienone is 1. The summed E-state index contributed by atoms with van der Waals surface area (Å²) in [4.78, 5) is 154. The van der Waals surface area contributed by atoms with E-state index in [0.717, 1.165) is 6.42 Å². The summed E-state index contributed by atoms with van der Waals surface area (Å²) in [7, 11) is 3.77. The number of aliphatic hydroxyl groups excluding tert-OH is 2. The number of carbonyl (C=O) groups excluding carboxylic acids is 11. The normalized spacial score (nSPS) is 18.0. The van der Waals surface area contributed by atoms with Crippen molar-refractivity contribution in [3.63, 3.8) is 0 Å². The zero-order valence-corrected chi connectivity index (χ0v) is 55.5. The molecular weight excluding hydrogens is 1110 g/mol. The van der Waals surface area contributed by atoms with Gasteiger partial charge in [-0.3, -0.25) is 52.7 Å². The van der Waals surface area contributed by atoms with Gasteiger partial charge in [-0.1, -0.05) is 88.7 Å². The fourth-order valence-corrected chi connectivity index (χ4v) is 9.77. The van der Waals surface area contributed by atoms with Gasteiger partial charge in [0.2, 0.25) is 59.1 Å². The highest BCUT2D eigenvalue weighted by molar-refractivity contribution is 6.00. The Morgan fingerprint density at radius 3 is 1.69 bits per heavy atom. The largest absolute Gasteiger partial charge is 0.393 e. The van der Waals surface area contributed by atoms with Crippen LogP contribution in [-0.2, 0) is 52.7 Å². The molecule has 0 saturated carbocycles. The van der Waals surface area contributed by atoms with Gasteiger partial charge in [0.15, 0.2) is 0 Å². The summed E-state index contributed by atoms with van der Waals surface area (Å²) in [6.45, 7) is 31.1. The van der Waals surface area contributed by atoms with Gasteiger partial charge in [-0.2, -0.15) is 0 Å². The minimum absolute atomic E-state index is 0.00837. The SMILES string of the molecule is CCC(=O)CC(O)CC(C)CC(NC(=O)C1CC(C)CN1C(=O)/C=C/C(C)CC)C(=O)NC(C(=O)NC(C)(C)C(=O)NC(CC(C)C)C(=O)NC(CC(C)C)C(=O)NC(C)(C)C(=O)NC(C)(C)C(=O)NCCC(=O)NC(C)CN(C)C)C(O)C(C)C. The lowest BCUT2D eigenvalue weighted by Gasteiger charge is -2.34. The number of Topliss-reactive ketones (excluding diaryl/α,β-unsaturated/α-hetero) is 1. The number of ketones is 1. The van der Waals surface area contributed by atoms with Crippen LogP contribution >= 0.6 is 0 Å². The fraction of sp³-hybridized carbons (Fsp3) is 0.790. The van der Waals surface area contributed by atoms with Crippen LogP contribution in [0.15, 0.2) is 12.2 Å². The number of amides is 10. The van der Waals surface area contributed by atoms with E-state index >= 15 is 0 Å². The molecule has 0 radical (unpaired) electrons. The Bertz CT molecular complexity index is 2340. The second-order valence-corrected chi connectivity index (χ2v) is 27.1. The molecule has 1 rings (SSSR count). The summed E-state index contributed by atoms with van der Waals surface area (Å²) in [5.74, 6) is -8.25. The smallest absolute Gasteiger partial charge is 0.246 e. The number of rotatable bonds is 37. The molecule has 86 heavy (non-hydrogen) atoms. The number of nitrogens with one attached hydrogen (secondary N) is 9. The first-order valence-electron chi connectivity index (χ1n) is 30.8. The van der Waals surface area contributed by atoms with Gasteiger partial charge in [0.1, 0.15) is 52.6 Å². The zero-order valence-electron chi connectivity index (χ0n) is 55.5. The molecule has 11 unspecified atom stereocenters. The minimum Gasteiger partial charge on any atom is -0.393 e. The Labute approximate surface area is 512 Å². The van der Waals surface area contributed by atoms with Crippen LogP contribution in [0.5, 0.6) is 0 Å². The van der Waals surface area contributed by atoms with E-state index in [9.17, 15) is 63.0 Å². The van der Waals surface area contributed by atoms with Gasteiger partial charge in [0.05, 0.1) is 12.2 Å². The van der Waals surface area contributed by atoms with Gasteiger partial charge in [-0.25, -0.2) is 0 Å². The number of hydrogen-bond acceptors (Lipinski definition) is 14. The predicted molar refractivity (Wildman–Crippen MR) is 330 cm³/mol. The minimum atomic E-state index is -1.82. The molecule has 24 nitrogen and oxygen atoms in total. The predicted octanol–water partition coefficient (Wildman–Crippen LogP) is 2.28. The monoisotopic (exact) mass is 1220 g/mol. The third kappa shape index (κ3) is 27.4. The molecule has 0 aromatic heterocycles. The highest BCUT2D eigenvalue weighted by Gasteiger charge is 2.43. The molecule has 1 fully saturated rings. The molecule has 0 bridgehead atoms. The van der Waals surface area contributed by atoms with Crippen molar-refractivity contribution in [1.82, 2.24) is 57.7 Å². The number of likely N-dealkylation sites (N-methyl/N-ethyl adjacent to an activating group) is 1. The summed E-state index contributed by atoms with van der Waals surface area (Å²) in [5.41, 5.74) is -4.93. The molecule has 1 saturated heterocycles. The Hall–Kier alpha value is -6.01. The average molecular weight is 1220 g/mol. The van der Waals surface area contributed by atoms with E-state index in [1.165, 1.54) is 52.5 Å². The molecule has 0 aliphatic carbocycles. The molecule has 0 spiro atoms. The summed E-state index contributed by atoms with van der Waals surface area (Å²) < 4.78 is 0. The van der Waals surface area contributed by atoms with E-state index < -0.39 is 118 Å². The van der Waals surface area contributed by atoms with Crippen molar-refractivity contribution >= 4 is 64.9 Å². The Kier molecular flexibility index (Phi) is 32.4. The highest BCUT2D eigenvalue weighted by atomic mass is 16.3. The lowest BCUT2D eigenvalue weighted by atomic mass is 9.92. The number of likely N-dealkylation sites (tertiary alicyclic amines) is 1. The first-order chi connectivity index (χ1) is 39.6. The van der Waals surface area contributed by atoms with Crippen molar-refractivity contribution in [2.24, 2.45) is 35.5 Å². The van der Waals surface area contributed by atoms with E-state index in [2.05, 4.69) is 47.9 Å². The van der Waals surface area contributed by atoms with Crippen molar-refractivity contribution in [1.29, 1.82) is 0 Å². The van der Waals surface area contributed by atoms with E-state index in [4.69, 9.17) is 0 Å². The number of carbonyl (C=O) groups is 11. The molecule has 1 aliphatic heterocycles. The zero-order chi connectivity index (χ0) is 66.4. The average Bonchev–Trinajstić information content (AvgIpc) is 3.94. The molecule has 1 aliphatic rings. The van der Waals surface area contributed by atoms with Crippen LogP contribution in [0.3, 0.4) is 0 Å². The summed E-state index contributed by atoms with van der Waals surface area (Å²) in [6.07, 6.45) is 2.07. The summed E-state index contributed by atoms with van der Waals surface area (Å²) in [5, 5.41) is 46.7. The van der Waals surface area contributed by atoms with Gasteiger partial charge < -0.3 is 67.9 Å². The molecule has 24 heteroatoms. The van der Waals surface area contributed by atoms with E-state index in [1.807, 2.05) is 74.4 Å². The third-order valence-electron chi connectivity index (χ3n) is 15.1. The highest BCUT2D eigenvalue weighted by Crippen LogP contribution is 2.25. The van der Waals surface area contributed by atoms with E-state index in [0.29, 0.717) is 19.5 Å². The fourth-order valence-electron chi connectivity index (χ4n) is 9.77. The molecule has 0 aromatic rings. The van der Waals surface area contributed by atoms with E-state index in [-0.39, 0.29) is 98.8 Å².